The van der Waals surface area contributed by atoms with Crippen molar-refractivity contribution in [3.63, 3.8) is 0 Å². The lowest BCUT2D eigenvalue weighted by Crippen LogP contribution is -2.20. The number of nitrogen functional groups attached to an aromatic ring is 1. The number of rotatable bonds is 3. The van der Waals surface area contributed by atoms with E-state index in [0.29, 0.717) is 11.2 Å². The number of nitrogens with zero attached hydrogens (tertiary/aromatic N) is 4. The fourth-order valence-electron chi connectivity index (χ4n) is 1.93. The first-order valence-electron chi connectivity index (χ1n) is 6.82. The van der Waals surface area contributed by atoms with Gasteiger partial charge in [-0.05, 0) is 12.1 Å². The number of hydrogen-bond acceptors (Lipinski definition) is 6. The Kier molecular flexibility index (Phi) is 4.98. The summed E-state index contributed by atoms with van der Waals surface area (Å²) in [7, 11) is 0. The van der Waals surface area contributed by atoms with E-state index < -0.39 is 5.91 Å². The molecular formula is C15H9Cl3N6O. The van der Waals surface area contributed by atoms with Crippen LogP contribution >= 0.6 is 34.8 Å². The van der Waals surface area contributed by atoms with Gasteiger partial charge in [0.1, 0.15) is 10.7 Å². The maximum absolute atomic E-state index is 12.1. The van der Waals surface area contributed by atoms with Gasteiger partial charge in [-0.3, -0.25) is 9.78 Å². The summed E-state index contributed by atoms with van der Waals surface area (Å²) >= 11 is 17.6. The third kappa shape index (κ3) is 3.63. The summed E-state index contributed by atoms with van der Waals surface area (Å²) in [6, 6.07) is 7.38. The molecule has 0 fully saturated rings. The third-order valence-corrected chi connectivity index (χ3v) is 4.25. The summed E-state index contributed by atoms with van der Waals surface area (Å²) in [5.41, 5.74) is 9.65. The van der Waals surface area contributed by atoms with Gasteiger partial charge in [0.2, 0.25) is 0 Å². The number of carbonyl (C=O) groups excluding carboxylic acids is 1. The fourth-order valence-corrected chi connectivity index (χ4v) is 2.52. The zero-order chi connectivity index (χ0) is 18.0. The first-order valence-corrected chi connectivity index (χ1v) is 7.96. The van der Waals surface area contributed by atoms with Crippen LogP contribution in [-0.2, 0) is 0 Å². The van der Waals surface area contributed by atoms with Crippen molar-refractivity contribution in [1.82, 2.24) is 20.4 Å². The summed E-state index contributed by atoms with van der Waals surface area (Å²) in [5.74, 6) is -0.694. The Bertz CT molecular complexity index is 1010. The SMILES string of the molecule is Nc1c(Cl)c(Cl)nc(C(=O)N/N=C\c2cnc3ccccc3n2)c1Cl. The van der Waals surface area contributed by atoms with Crippen LogP contribution in [0.15, 0.2) is 35.6 Å². The van der Waals surface area contributed by atoms with E-state index in [9.17, 15) is 4.79 Å². The molecule has 0 aliphatic rings. The number of halogens is 3. The molecule has 0 saturated carbocycles. The molecule has 0 aliphatic heterocycles. The highest BCUT2D eigenvalue weighted by molar-refractivity contribution is 6.46. The van der Waals surface area contributed by atoms with Crippen LogP contribution in [0.3, 0.4) is 0 Å². The van der Waals surface area contributed by atoms with Crippen molar-refractivity contribution in [1.29, 1.82) is 0 Å². The molecule has 0 spiro atoms. The lowest BCUT2D eigenvalue weighted by atomic mass is 10.3. The van der Waals surface area contributed by atoms with Crippen LogP contribution in [0.4, 0.5) is 5.69 Å². The van der Waals surface area contributed by atoms with Crippen LogP contribution in [0.5, 0.6) is 0 Å². The Morgan fingerprint density at radius 3 is 2.60 bits per heavy atom. The van der Waals surface area contributed by atoms with Crippen molar-refractivity contribution in [2.24, 2.45) is 5.10 Å². The number of pyridine rings is 1. The van der Waals surface area contributed by atoms with E-state index in [1.165, 1.54) is 12.4 Å². The highest BCUT2D eigenvalue weighted by Gasteiger charge is 2.19. The van der Waals surface area contributed by atoms with Crippen LogP contribution in [0, 0.1) is 0 Å². The predicted octanol–water partition coefficient (Wildman–Crippen LogP) is 3.33. The molecule has 0 aliphatic carbocycles. The molecule has 2 aromatic heterocycles. The van der Waals surface area contributed by atoms with Gasteiger partial charge >= 0.3 is 0 Å². The van der Waals surface area contributed by atoms with Crippen LogP contribution < -0.4 is 11.2 Å². The number of carbonyl (C=O) groups is 1. The van der Waals surface area contributed by atoms with Crippen molar-refractivity contribution in [3.05, 3.63) is 57.0 Å². The van der Waals surface area contributed by atoms with Gasteiger partial charge in [0, 0.05) is 0 Å². The van der Waals surface area contributed by atoms with Crippen LogP contribution in [-0.4, -0.2) is 27.1 Å². The summed E-state index contributed by atoms with van der Waals surface area (Å²) in [6.07, 6.45) is 2.87. The molecule has 1 aromatic carbocycles. The van der Waals surface area contributed by atoms with Gasteiger partial charge < -0.3 is 5.73 Å². The first kappa shape index (κ1) is 17.3. The van der Waals surface area contributed by atoms with E-state index in [-0.39, 0.29) is 26.6 Å². The molecule has 0 bridgehead atoms. The van der Waals surface area contributed by atoms with Gasteiger partial charge in [0.15, 0.2) is 10.8 Å². The lowest BCUT2D eigenvalue weighted by molar-refractivity contribution is 0.0950. The van der Waals surface area contributed by atoms with Gasteiger partial charge in [0.05, 0.1) is 34.2 Å². The zero-order valence-electron chi connectivity index (χ0n) is 12.4. The van der Waals surface area contributed by atoms with E-state index in [1.807, 2.05) is 24.3 Å². The molecule has 0 atom stereocenters. The van der Waals surface area contributed by atoms with Crippen molar-refractivity contribution in [2.75, 3.05) is 5.73 Å². The number of hydrazone groups is 1. The summed E-state index contributed by atoms with van der Waals surface area (Å²) in [6.45, 7) is 0. The molecule has 3 N–H and O–H groups in total. The van der Waals surface area contributed by atoms with Crippen molar-refractivity contribution < 1.29 is 4.79 Å². The highest BCUT2D eigenvalue weighted by Crippen LogP contribution is 2.34. The molecule has 10 heteroatoms. The van der Waals surface area contributed by atoms with Crippen molar-refractivity contribution in [2.45, 2.75) is 0 Å². The number of nitrogens with two attached hydrogens (primary N) is 1. The monoisotopic (exact) mass is 394 g/mol. The van der Waals surface area contributed by atoms with Crippen molar-refractivity contribution >= 4 is 63.6 Å². The van der Waals surface area contributed by atoms with Gasteiger partial charge in [-0.1, -0.05) is 46.9 Å². The minimum absolute atomic E-state index is 0.0156. The Labute approximate surface area is 156 Å². The number of nitrogens with one attached hydrogen (secondary N) is 1. The molecule has 126 valence electrons. The minimum atomic E-state index is -0.694. The molecule has 3 rings (SSSR count). The Morgan fingerprint density at radius 2 is 1.84 bits per heavy atom. The number of anilines is 1. The number of aromatic nitrogens is 3. The second-order valence-corrected chi connectivity index (χ2v) is 5.89. The van der Waals surface area contributed by atoms with Gasteiger partial charge in [-0.25, -0.2) is 15.4 Å². The normalized spacial score (nSPS) is 11.2. The molecule has 1 amide bonds. The molecule has 3 aromatic rings. The number of amides is 1. The Hall–Kier alpha value is -2.48. The van der Waals surface area contributed by atoms with Crippen LogP contribution in [0.25, 0.3) is 11.0 Å². The molecule has 0 saturated heterocycles. The number of hydrogen-bond donors (Lipinski definition) is 2. The van der Waals surface area contributed by atoms with Gasteiger partial charge in [-0.2, -0.15) is 5.10 Å². The molecule has 25 heavy (non-hydrogen) atoms. The largest absolute Gasteiger partial charge is 0.396 e. The second-order valence-electron chi connectivity index (χ2n) is 4.78. The maximum Gasteiger partial charge on any atom is 0.291 e. The smallest absolute Gasteiger partial charge is 0.291 e. The minimum Gasteiger partial charge on any atom is -0.396 e. The molecule has 7 nitrogen and oxygen atoms in total. The zero-order valence-corrected chi connectivity index (χ0v) is 14.6. The van der Waals surface area contributed by atoms with E-state index in [1.54, 1.807) is 0 Å². The van der Waals surface area contributed by atoms with Gasteiger partial charge in [0.25, 0.3) is 5.91 Å². The Balaban J connectivity index is 1.78. The molecule has 2 heterocycles. The third-order valence-electron chi connectivity index (χ3n) is 3.12. The van der Waals surface area contributed by atoms with Crippen LogP contribution in [0.2, 0.25) is 15.2 Å². The fraction of sp³-hybridized carbons (Fsp3) is 0. The molecular weight excluding hydrogens is 387 g/mol. The standard InChI is InChI=1S/C15H9Cl3N6O/c16-10-12(19)11(17)14(18)23-13(10)15(25)24-21-6-7-5-20-8-3-1-2-4-9(8)22-7/h1-6H,(H2,19,23)(H,24,25)/b21-6-. The van der Waals surface area contributed by atoms with Crippen LogP contribution in [0.1, 0.15) is 16.2 Å². The Morgan fingerprint density at radius 1 is 1.12 bits per heavy atom. The number of para-hydroxylation sites is 2. The van der Waals surface area contributed by atoms with Gasteiger partial charge in [-0.15, -0.1) is 0 Å². The molecule has 0 radical (unpaired) electrons. The topological polar surface area (TPSA) is 106 Å². The van der Waals surface area contributed by atoms with E-state index >= 15 is 0 Å². The first-order chi connectivity index (χ1) is 12.0. The average molecular weight is 396 g/mol. The number of benzene rings is 1. The lowest BCUT2D eigenvalue weighted by Gasteiger charge is -2.07. The van der Waals surface area contributed by atoms with E-state index in [0.717, 1.165) is 5.52 Å². The summed E-state index contributed by atoms with van der Waals surface area (Å²) in [5, 5.41) is 3.56. The average Bonchev–Trinajstić information content (AvgIpc) is 2.62. The summed E-state index contributed by atoms with van der Waals surface area (Å²) in [4.78, 5) is 24.5. The maximum atomic E-state index is 12.1. The van der Waals surface area contributed by atoms with Crippen molar-refractivity contribution in [3.8, 4) is 0 Å². The van der Waals surface area contributed by atoms with E-state index in [2.05, 4.69) is 25.5 Å². The number of fused-ring (bicyclic) bond motifs is 1. The molecule has 0 unspecified atom stereocenters. The predicted molar refractivity (Wildman–Crippen MR) is 98.3 cm³/mol. The summed E-state index contributed by atoms with van der Waals surface area (Å²) < 4.78 is 0. The second kappa shape index (κ2) is 7.18. The quantitative estimate of drug-likeness (QED) is 0.402. The van der Waals surface area contributed by atoms with E-state index in [4.69, 9.17) is 40.5 Å². The highest BCUT2D eigenvalue weighted by atomic mass is 35.5.